The lowest BCUT2D eigenvalue weighted by molar-refractivity contribution is -0.193. The highest BCUT2D eigenvalue weighted by Crippen LogP contribution is 2.54. The van der Waals surface area contributed by atoms with Crippen molar-refractivity contribution < 1.29 is 32.6 Å². The fourth-order valence-electron chi connectivity index (χ4n) is 5.61. The van der Waals surface area contributed by atoms with Gasteiger partial charge in [0.2, 0.25) is 5.28 Å². The molecule has 3 aromatic rings. The van der Waals surface area contributed by atoms with Crippen molar-refractivity contribution in [3.05, 3.63) is 47.4 Å². The second-order valence-corrected chi connectivity index (χ2v) is 16.2. The number of hydrogen-bond acceptors (Lipinski definition) is 11. The minimum absolute atomic E-state index is 0.0208. The molecule has 0 amide bonds. The van der Waals surface area contributed by atoms with E-state index in [1.54, 1.807) is 10.9 Å². The molecule has 248 valence electrons. The maximum absolute atomic E-state index is 13.6. The van der Waals surface area contributed by atoms with Gasteiger partial charge in [0.1, 0.15) is 36.6 Å². The molecule has 45 heavy (non-hydrogen) atoms. The molecule has 0 unspecified atom stereocenters. The molecule has 2 aliphatic heterocycles. The first-order valence-electron chi connectivity index (χ1n) is 15.2. The van der Waals surface area contributed by atoms with E-state index >= 15 is 0 Å². The molecule has 1 N–H and O–H groups in total. The van der Waals surface area contributed by atoms with Crippen molar-refractivity contribution in [2.45, 2.75) is 116 Å². The number of hydrogen-bond donors (Lipinski definition) is 1. The van der Waals surface area contributed by atoms with Crippen LogP contribution in [0.2, 0.25) is 5.28 Å². The SMILES string of the molecule is C[C@H](Nc1nc(Cl)nc2c1cnn2C[C@H]1O[C@H](COCP(=O)(OC(C)(C)C)OC(C)(C)C)[C@H]2OC(C)(C)O[C@H]21)c1ccccc1. The van der Waals surface area contributed by atoms with E-state index in [1.165, 1.54) is 0 Å². The molecule has 4 heterocycles. The maximum atomic E-state index is 13.6. The quantitative estimate of drug-likeness (QED) is 0.173. The van der Waals surface area contributed by atoms with E-state index in [-0.39, 0.29) is 24.3 Å². The Morgan fingerprint density at radius 1 is 1.02 bits per heavy atom. The molecule has 12 nitrogen and oxygen atoms in total. The van der Waals surface area contributed by atoms with Gasteiger partial charge in [0.15, 0.2) is 11.4 Å². The average Bonchev–Trinajstić information content (AvgIpc) is 3.54. The highest BCUT2D eigenvalue weighted by Gasteiger charge is 2.55. The summed E-state index contributed by atoms with van der Waals surface area (Å²) in [5.74, 6) is -0.233. The number of fused-ring (bicyclic) bond motifs is 2. The number of ether oxygens (including phenoxy) is 4. The van der Waals surface area contributed by atoms with Gasteiger partial charge >= 0.3 is 7.60 Å². The summed E-state index contributed by atoms with van der Waals surface area (Å²) in [4.78, 5) is 8.94. The number of aromatic nitrogens is 4. The first-order chi connectivity index (χ1) is 20.9. The van der Waals surface area contributed by atoms with Crippen molar-refractivity contribution in [3.8, 4) is 0 Å². The van der Waals surface area contributed by atoms with Gasteiger partial charge < -0.3 is 33.3 Å². The van der Waals surface area contributed by atoms with Crippen molar-refractivity contribution >= 4 is 36.0 Å². The van der Waals surface area contributed by atoms with E-state index in [2.05, 4.69) is 27.3 Å². The highest BCUT2D eigenvalue weighted by atomic mass is 35.5. The van der Waals surface area contributed by atoms with Crippen molar-refractivity contribution in [1.29, 1.82) is 0 Å². The van der Waals surface area contributed by atoms with Gasteiger partial charge in [-0.2, -0.15) is 15.1 Å². The van der Waals surface area contributed by atoms with E-state index < -0.39 is 49.0 Å². The second kappa shape index (κ2) is 12.8. The molecule has 0 saturated carbocycles. The smallest absolute Gasteiger partial charge is 0.357 e. The van der Waals surface area contributed by atoms with Crippen LogP contribution in [0.1, 0.15) is 73.9 Å². The summed E-state index contributed by atoms with van der Waals surface area (Å²) in [6, 6.07) is 10.0. The summed E-state index contributed by atoms with van der Waals surface area (Å²) in [6.45, 7) is 17.2. The zero-order valence-electron chi connectivity index (χ0n) is 27.4. The van der Waals surface area contributed by atoms with Crippen LogP contribution in [0.5, 0.6) is 0 Å². The molecular weight excluding hydrogens is 621 g/mol. The Bertz CT molecular complexity index is 1500. The van der Waals surface area contributed by atoms with E-state index in [4.69, 9.17) is 39.6 Å². The number of benzene rings is 1. The first-order valence-corrected chi connectivity index (χ1v) is 17.3. The Hall–Kier alpha value is -2.15. The molecule has 5 atom stereocenters. The number of rotatable bonds is 11. The summed E-state index contributed by atoms with van der Waals surface area (Å²) in [7, 11) is -3.60. The lowest BCUT2D eigenvalue weighted by Gasteiger charge is -2.32. The topological polar surface area (TPSA) is 128 Å². The van der Waals surface area contributed by atoms with Gasteiger partial charge in [-0.05, 0) is 79.5 Å². The van der Waals surface area contributed by atoms with Gasteiger partial charge in [0.05, 0.1) is 35.9 Å². The number of halogens is 1. The van der Waals surface area contributed by atoms with E-state index in [0.717, 1.165) is 10.9 Å². The van der Waals surface area contributed by atoms with Crippen LogP contribution >= 0.6 is 19.2 Å². The Morgan fingerprint density at radius 3 is 2.27 bits per heavy atom. The third-order valence-electron chi connectivity index (χ3n) is 7.08. The van der Waals surface area contributed by atoms with Gasteiger partial charge in [-0.15, -0.1) is 0 Å². The van der Waals surface area contributed by atoms with Gasteiger partial charge in [0.25, 0.3) is 0 Å². The average molecular weight is 666 g/mol. The minimum Gasteiger partial charge on any atom is -0.366 e. The lowest BCUT2D eigenvalue weighted by Crippen LogP contribution is -2.33. The summed E-state index contributed by atoms with van der Waals surface area (Å²) < 4.78 is 52.0. The molecule has 0 bridgehead atoms. The summed E-state index contributed by atoms with van der Waals surface area (Å²) in [6.07, 6.45) is -0.264. The molecule has 0 aliphatic carbocycles. The standard InChI is InChI=1S/C31H45ClN5O7P/c1-19(20-13-11-10-12-14-20)34-26-21-15-33-37(27(21)36-28(32)35-26)16-22-24-25(42-31(8,9)41-24)23(40-22)17-39-18-45(38,43-29(2,3)4)44-30(5,6)7/h10-15,19,22-25H,16-18H2,1-9H3,(H,34,35,36)/t19-,22+,23+,24-,25+/m0/s1. The van der Waals surface area contributed by atoms with E-state index in [1.807, 2.05) is 85.7 Å². The Kier molecular flexibility index (Phi) is 9.73. The van der Waals surface area contributed by atoms with Crippen LogP contribution in [0.25, 0.3) is 11.0 Å². The van der Waals surface area contributed by atoms with Crippen LogP contribution in [0.15, 0.2) is 36.5 Å². The van der Waals surface area contributed by atoms with Crippen LogP contribution in [-0.4, -0.2) is 74.1 Å². The van der Waals surface area contributed by atoms with Crippen LogP contribution in [-0.2, 0) is 39.1 Å². The molecule has 5 rings (SSSR count). The Morgan fingerprint density at radius 2 is 1.64 bits per heavy atom. The minimum atomic E-state index is -3.60. The molecule has 2 aliphatic rings. The van der Waals surface area contributed by atoms with Crippen molar-refractivity contribution in [1.82, 2.24) is 19.7 Å². The lowest BCUT2D eigenvalue weighted by atomic mass is 10.1. The van der Waals surface area contributed by atoms with Gasteiger partial charge in [0, 0.05) is 6.04 Å². The van der Waals surface area contributed by atoms with Gasteiger partial charge in [-0.1, -0.05) is 30.3 Å². The van der Waals surface area contributed by atoms with Crippen LogP contribution in [0.3, 0.4) is 0 Å². The van der Waals surface area contributed by atoms with E-state index in [9.17, 15) is 4.57 Å². The second-order valence-electron chi connectivity index (χ2n) is 14.0. The predicted octanol–water partition coefficient (Wildman–Crippen LogP) is 6.74. The molecule has 14 heteroatoms. The fourth-order valence-corrected chi connectivity index (χ4v) is 7.92. The molecule has 2 fully saturated rings. The van der Waals surface area contributed by atoms with Crippen LogP contribution in [0.4, 0.5) is 5.82 Å². The Balaban J connectivity index is 1.31. The van der Waals surface area contributed by atoms with E-state index in [0.29, 0.717) is 18.0 Å². The van der Waals surface area contributed by atoms with Crippen LogP contribution in [0, 0.1) is 0 Å². The number of nitrogens with one attached hydrogen (secondary N) is 1. The maximum Gasteiger partial charge on any atom is 0.357 e. The third kappa shape index (κ3) is 8.61. The van der Waals surface area contributed by atoms with Crippen molar-refractivity contribution in [2.75, 3.05) is 18.3 Å². The molecule has 0 radical (unpaired) electrons. The zero-order valence-corrected chi connectivity index (χ0v) is 29.1. The molecule has 2 aromatic heterocycles. The summed E-state index contributed by atoms with van der Waals surface area (Å²) in [5, 5.41) is 8.89. The molecule has 0 spiro atoms. The fraction of sp³-hybridized carbons (Fsp3) is 0.645. The first kappa shape index (κ1) is 34.2. The monoisotopic (exact) mass is 665 g/mol. The Labute approximate surface area is 270 Å². The van der Waals surface area contributed by atoms with Crippen molar-refractivity contribution in [2.24, 2.45) is 0 Å². The number of anilines is 1. The molecular formula is C31H45ClN5O7P. The molecule has 2 saturated heterocycles. The normalized spacial score (nSPS) is 24.2. The molecule has 1 aromatic carbocycles. The zero-order chi connectivity index (χ0) is 32.8. The van der Waals surface area contributed by atoms with Crippen molar-refractivity contribution in [3.63, 3.8) is 0 Å². The predicted molar refractivity (Wildman–Crippen MR) is 171 cm³/mol. The van der Waals surface area contributed by atoms with Crippen LogP contribution < -0.4 is 5.32 Å². The summed E-state index contributed by atoms with van der Waals surface area (Å²) in [5.41, 5.74) is 0.295. The van der Waals surface area contributed by atoms with Gasteiger partial charge in [-0.25, -0.2) is 4.68 Å². The third-order valence-corrected chi connectivity index (χ3v) is 9.40. The largest absolute Gasteiger partial charge is 0.366 e. The highest BCUT2D eigenvalue weighted by molar-refractivity contribution is 7.53. The summed E-state index contributed by atoms with van der Waals surface area (Å²) >= 11 is 6.38. The van der Waals surface area contributed by atoms with Gasteiger partial charge in [-0.3, -0.25) is 4.57 Å². The number of nitrogens with zero attached hydrogens (tertiary/aromatic N) is 4.